The number of H-pyrrole nitrogens is 1. The van der Waals surface area contributed by atoms with Crippen molar-refractivity contribution in [3.8, 4) is 0 Å². The van der Waals surface area contributed by atoms with Gasteiger partial charge in [0.1, 0.15) is 0 Å². The lowest BCUT2D eigenvalue weighted by molar-refractivity contribution is -0.116. The maximum Gasteiger partial charge on any atom is 0.223 e. The Bertz CT molecular complexity index is 1070. The molecule has 0 saturated carbocycles. The minimum Gasteiger partial charge on any atom is -0.368 e. The van der Waals surface area contributed by atoms with E-state index in [0.717, 1.165) is 61.9 Å². The van der Waals surface area contributed by atoms with Gasteiger partial charge in [0.25, 0.3) is 0 Å². The summed E-state index contributed by atoms with van der Waals surface area (Å²) in [4.78, 5) is 22.2. The van der Waals surface area contributed by atoms with Crippen LogP contribution < -0.4 is 9.80 Å². The van der Waals surface area contributed by atoms with E-state index in [1.54, 1.807) is 6.92 Å². The number of nitrogens with one attached hydrogen (secondary N) is 1. The van der Waals surface area contributed by atoms with Crippen molar-refractivity contribution >= 4 is 39.8 Å². The van der Waals surface area contributed by atoms with Gasteiger partial charge in [-0.1, -0.05) is 29.8 Å². The molecule has 6 heteroatoms. The highest BCUT2D eigenvalue weighted by Gasteiger charge is 2.31. The molecule has 5 rings (SSSR count). The van der Waals surface area contributed by atoms with Crippen molar-refractivity contribution in [2.75, 3.05) is 49.1 Å². The Morgan fingerprint density at radius 2 is 1.90 bits per heavy atom. The number of nitrogens with zero attached hydrogens (tertiary/aromatic N) is 3. The van der Waals surface area contributed by atoms with Crippen LogP contribution in [0, 0.1) is 0 Å². The molecule has 1 N–H and O–H groups in total. The molecular weight excluding hydrogens is 396 g/mol. The van der Waals surface area contributed by atoms with Gasteiger partial charge < -0.3 is 14.8 Å². The van der Waals surface area contributed by atoms with E-state index in [-0.39, 0.29) is 5.91 Å². The molecule has 1 atom stereocenters. The van der Waals surface area contributed by atoms with Crippen molar-refractivity contribution in [3.63, 3.8) is 0 Å². The summed E-state index contributed by atoms with van der Waals surface area (Å²) in [6, 6.07) is 14.6. The van der Waals surface area contributed by atoms with E-state index in [1.165, 1.54) is 16.6 Å². The zero-order valence-corrected chi connectivity index (χ0v) is 18.0. The molecule has 1 amide bonds. The Labute approximate surface area is 182 Å². The van der Waals surface area contributed by atoms with Crippen molar-refractivity contribution in [2.45, 2.75) is 19.3 Å². The molecule has 1 aromatic heterocycles. The zero-order valence-electron chi connectivity index (χ0n) is 17.3. The summed E-state index contributed by atoms with van der Waals surface area (Å²) in [5.41, 5.74) is 4.73. The molecule has 2 aromatic carbocycles. The third kappa shape index (κ3) is 3.57. The van der Waals surface area contributed by atoms with Crippen molar-refractivity contribution in [1.29, 1.82) is 0 Å². The van der Waals surface area contributed by atoms with Gasteiger partial charge >= 0.3 is 0 Å². The fourth-order valence-electron chi connectivity index (χ4n) is 4.97. The summed E-state index contributed by atoms with van der Waals surface area (Å²) in [6.45, 7) is 7.63. The van der Waals surface area contributed by atoms with E-state index in [0.29, 0.717) is 5.92 Å². The molecule has 1 fully saturated rings. The number of halogens is 1. The number of anilines is 2. The smallest absolute Gasteiger partial charge is 0.223 e. The largest absolute Gasteiger partial charge is 0.368 e. The lowest BCUT2D eigenvalue weighted by Gasteiger charge is -2.37. The SMILES string of the molecule is CC(=O)N1CC(CCN2CCN(c3cc(Cl)cc4[nH]ccc34)CC2)c2ccccc21. The van der Waals surface area contributed by atoms with Gasteiger partial charge in [-0.25, -0.2) is 0 Å². The monoisotopic (exact) mass is 422 g/mol. The molecule has 0 aliphatic carbocycles. The number of fused-ring (bicyclic) bond motifs is 2. The van der Waals surface area contributed by atoms with Crippen LogP contribution in [-0.4, -0.2) is 55.1 Å². The highest BCUT2D eigenvalue weighted by molar-refractivity contribution is 6.31. The first-order valence-electron chi connectivity index (χ1n) is 10.7. The van der Waals surface area contributed by atoms with E-state index in [1.807, 2.05) is 23.2 Å². The van der Waals surface area contributed by atoms with E-state index in [9.17, 15) is 4.79 Å². The van der Waals surface area contributed by atoms with Gasteiger partial charge in [-0.05, 0) is 42.8 Å². The molecule has 1 unspecified atom stereocenters. The highest BCUT2D eigenvalue weighted by atomic mass is 35.5. The van der Waals surface area contributed by atoms with E-state index in [4.69, 9.17) is 11.6 Å². The van der Waals surface area contributed by atoms with Crippen LogP contribution in [0.3, 0.4) is 0 Å². The van der Waals surface area contributed by atoms with Crippen LogP contribution in [0.2, 0.25) is 5.02 Å². The van der Waals surface area contributed by atoms with Gasteiger partial charge in [0, 0.05) is 79.1 Å². The number of rotatable bonds is 4. The lowest BCUT2D eigenvalue weighted by atomic mass is 9.97. The second-order valence-electron chi connectivity index (χ2n) is 8.37. The van der Waals surface area contributed by atoms with Crippen molar-refractivity contribution in [2.24, 2.45) is 0 Å². The average Bonchev–Trinajstić information content (AvgIpc) is 3.37. The predicted octanol–water partition coefficient (Wildman–Crippen LogP) is 4.48. The predicted molar refractivity (Wildman–Crippen MR) is 124 cm³/mol. The summed E-state index contributed by atoms with van der Waals surface area (Å²) in [5, 5.41) is 2.01. The fraction of sp³-hybridized carbons (Fsp3) is 0.375. The Balaban J connectivity index is 1.21. The van der Waals surface area contributed by atoms with Crippen molar-refractivity contribution < 1.29 is 4.79 Å². The van der Waals surface area contributed by atoms with Gasteiger partial charge in [-0.2, -0.15) is 0 Å². The molecule has 1 saturated heterocycles. The second-order valence-corrected chi connectivity index (χ2v) is 8.80. The van der Waals surface area contributed by atoms with Gasteiger partial charge in [0.05, 0.1) is 0 Å². The first-order valence-corrected chi connectivity index (χ1v) is 11.1. The maximum atomic E-state index is 12.0. The number of benzene rings is 2. The molecule has 156 valence electrons. The van der Waals surface area contributed by atoms with Crippen molar-refractivity contribution in [3.05, 3.63) is 59.2 Å². The number of para-hydroxylation sites is 1. The topological polar surface area (TPSA) is 42.6 Å². The minimum atomic E-state index is 0.135. The number of carbonyl (C=O) groups excluding carboxylic acids is 1. The minimum absolute atomic E-state index is 0.135. The molecule has 3 heterocycles. The molecule has 0 radical (unpaired) electrons. The number of aromatic nitrogens is 1. The summed E-state index contributed by atoms with van der Waals surface area (Å²) in [5.74, 6) is 0.562. The average molecular weight is 423 g/mol. The molecule has 0 spiro atoms. The first kappa shape index (κ1) is 19.5. The zero-order chi connectivity index (χ0) is 20.7. The van der Waals surface area contributed by atoms with Crippen LogP contribution in [-0.2, 0) is 4.79 Å². The number of hydrogen-bond donors (Lipinski definition) is 1. The number of aromatic amines is 1. The Morgan fingerprint density at radius 3 is 2.70 bits per heavy atom. The number of carbonyl (C=O) groups is 1. The number of amides is 1. The normalized spacial score (nSPS) is 19.5. The third-order valence-electron chi connectivity index (χ3n) is 6.57. The summed E-state index contributed by atoms with van der Waals surface area (Å²) < 4.78 is 0. The lowest BCUT2D eigenvalue weighted by Crippen LogP contribution is -2.47. The second kappa shape index (κ2) is 7.97. The van der Waals surface area contributed by atoms with Crippen LogP contribution in [0.1, 0.15) is 24.8 Å². The van der Waals surface area contributed by atoms with Gasteiger partial charge in [0.15, 0.2) is 0 Å². The van der Waals surface area contributed by atoms with Crippen LogP contribution >= 0.6 is 11.6 Å². The molecule has 3 aromatic rings. The van der Waals surface area contributed by atoms with E-state index >= 15 is 0 Å². The van der Waals surface area contributed by atoms with Gasteiger partial charge in [0.2, 0.25) is 5.91 Å². The molecule has 2 aliphatic heterocycles. The van der Waals surface area contributed by atoms with E-state index < -0.39 is 0 Å². The Hall–Kier alpha value is -2.50. The Morgan fingerprint density at radius 1 is 1.10 bits per heavy atom. The van der Waals surface area contributed by atoms with Gasteiger partial charge in [-0.3, -0.25) is 9.69 Å². The highest BCUT2D eigenvalue weighted by Crippen LogP contribution is 2.38. The molecule has 2 aliphatic rings. The van der Waals surface area contributed by atoms with Gasteiger partial charge in [-0.15, -0.1) is 0 Å². The summed E-state index contributed by atoms with van der Waals surface area (Å²) in [7, 11) is 0. The molecule has 0 bridgehead atoms. The quantitative estimate of drug-likeness (QED) is 0.673. The maximum absolute atomic E-state index is 12.0. The first-order chi connectivity index (χ1) is 14.6. The third-order valence-corrected chi connectivity index (χ3v) is 6.79. The number of piperazine rings is 1. The Kier molecular flexibility index (Phi) is 5.17. The molecule has 5 nitrogen and oxygen atoms in total. The van der Waals surface area contributed by atoms with Crippen LogP contribution in [0.4, 0.5) is 11.4 Å². The summed E-state index contributed by atoms with van der Waals surface area (Å²) in [6.07, 6.45) is 3.06. The van der Waals surface area contributed by atoms with Crippen LogP contribution in [0.25, 0.3) is 10.9 Å². The number of hydrogen-bond acceptors (Lipinski definition) is 3. The van der Waals surface area contributed by atoms with Crippen LogP contribution in [0.15, 0.2) is 48.7 Å². The standard InChI is InChI=1S/C24H27ClN4O/c1-17(30)29-16-18(20-4-2-3-5-23(20)29)7-9-27-10-12-28(13-11-27)24-15-19(25)14-22-21(24)6-8-26-22/h2-6,8,14-15,18,26H,7,9-13,16H2,1H3. The molecule has 30 heavy (non-hydrogen) atoms. The fourth-order valence-corrected chi connectivity index (χ4v) is 5.18. The van der Waals surface area contributed by atoms with E-state index in [2.05, 4.69) is 45.1 Å². The molecular formula is C24H27ClN4O. The van der Waals surface area contributed by atoms with Crippen molar-refractivity contribution in [1.82, 2.24) is 9.88 Å². The summed E-state index contributed by atoms with van der Waals surface area (Å²) >= 11 is 6.34. The van der Waals surface area contributed by atoms with Crippen LogP contribution in [0.5, 0.6) is 0 Å².